The molecule has 0 bridgehead atoms. The lowest BCUT2D eigenvalue weighted by Gasteiger charge is -2.35. The lowest BCUT2D eigenvalue weighted by atomic mass is 10.1. The Morgan fingerprint density at radius 2 is 1.82 bits per heavy atom. The second kappa shape index (κ2) is 7.02. The molecule has 3 aliphatic rings. The Balaban J connectivity index is 1.32. The maximum absolute atomic E-state index is 13.0. The summed E-state index contributed by atoms with van der Waals surface area (Å²) in [6, 6.07) is 15.4. The van der Waals surface area contributed by atoms with Gasteiger partial charge in [0, 0.05) is 31.1 Å². The van der Waals surface area contributed by atoms with E-state index in [1.54, 1.807) is 0 Å². The van der Waals surface area contributed by atoms with Gasteiger partial charge in [-0.3, -0.25) is 0 Å². The van der Waals surface area contributed by atoms with E-state index in [1.165, 1.54) is 0 Å². The second-order valence-corrected chi connectivity index (χ2v) is 7.61. The van der Waals surface area contributed by atoms with E-state index in [1.807, 2.05) is 53.4 Å². The van der Waals surface area contributed by atoms with Crippen LogP contribution in [-0.2, 0) is 4.74 Å². The molecule has 0 aromatic heterocycles. The molecule has 28 heavy (non-hydrogen) atoms. The van der Waals surface area contributed by atoms with E-state index in [0.717, 1.165) is 37.0 Å². The van der Waals surface area contributed by atoms with Crippen LogP contribution in [0, 0.1) is 0 Å². The molecule has 0 radical (unpaired) electrons. The summed E-state index contributed by atoms with van der Waals surface area (Å²) in [5.41, 5.74) is 1.78. The average molecular weight is 380 g/mol. The molecule has 1 aliphatic carbocycles. The number of urea groups is 1. The number of fused-ring (bicyclic) bond motifs is 1. The van der Waals surface area contributed by atoms with Gasteiger partial charge in [-0.15, -0.1) is 0 Å². The molecular weight excluding hydrogens is 356 g/mol. The predicted molar refractivity (Wildman–Crippen MR) is 105 cm³/mol. The molecule has 5 rings (SSSR count). The highest BCUT2D eigenvalue weighted by atomic mass is 16.7. The quantitative estimate of drug-likeness (QED) is 0.842. The van der Waals surface area contributed by atoms with Crippen LogP contribution in [-0.4, -0.2) is 36.5 Å². The first-order valence-electron chi connectivity index (χ1n) is 9.95. The number of ether oxygens (including phenoxy) is 3. The number of nitrogens with zero attached hydrogens (tertiary/aromatic N) is 1. The fourth-order valence-electron chi connectivity index (χ4n) is 4.28. The van der Waals surface area contributed by atoms with E-state index in [-0.39, 0.29) is 12.1 Å². The molecule has 2 amide bonds. The lowest BCUT2D eigenvalue weighted by Crippen LogP contribution is -2.45. The summed E-state index contributed by atoms with van der Waals surface area (Å²) in [5.74, 6) is 0.975. The first kappa shape index (κ1) is 17.4. The van der Waals surface area contributed by atoms with Crippen LogP contribution in [0.25, 0.3) is 0 Å². The van der Waals surface area contributed by atoms with Crippen LogP contribution in [0.5, 0.6) is 11.5 Å². The summed E-state index contributed by atoms with van der Waals surface area (Å²) >= 11 is 0. The zero-order chi connectivity index (χ0) is 19.0. The third kappa shape index (κ3) is 3.18. The van der Waals surface area contributed by atoms with Gasteiger partial charge in [-0.05, 0) is 30.5 Å². The number of carbonyl (C=O) groups is 1. The van der Waals surface area contributed by atoms with Crippen molar-refractivity contribution in [3.8, 4) is 11.5 Å². The van der Waals surface area contributed by atoms with Crippen LogP contribution in [0.2, 0.25) is 0 Å². The summed E-state index contributed by atoms with van der Waals surface area (Å²) in [6.45, 7) is 1.60. The van der Waals surface area contributed by atoms with Gasteiger partial charge in [0.1, 0.15) is 0 Å². The lowest BCUT2D eigenvalue weighted by molar-refractivity contribution is -0.0716. The van der Waals surface area contributed by atoms with Crippen LogP contribution in [0.15, 0.2) is 48.5 Å². The van der Waals surface area contributed by atoms with Crippen molar-refractivity contribution in [2.24, 2.45) is 0 Å². The van der Waals surface area contributed by atoms with Crippen LogP contribution in [0.3, 0.4) is 0 Å². The van der Waals surface area contributed by atoms with Crippen molar-refractivity contribution >= 4 is 11.7 Å². The van der Waals surface area contributed by atoms with Crippen molar-refractivity contribution in [2.45, 2.75) is 37.5 Å². The minimum atomic E-state index is -0.492. The molecule has 6 heteroatoms. The van der Waals surface area contributed by atoms with Gasteiger partial charge in [0.2, 0.25) is 0 Å². The second-order valence-electron chi connectivity index (χ2n) is 7.61. The standard InChI is InChI=1S/C22H24N2O4/c25-21(24-12-13-26-15-18(24)16-6-2-1-3-7-16)23-17-8-9-19-20(14-17)28-22(27-19)10-4-5-11-22/h1-3,6-9,14,18H,4-5,10-13,15H2,(H,23,25)/t18-/m1/s1. The summed E-state index contributed by atoms with van der Waals surface area (Å²) in [5, 5.41) is 3.02. The van der Waals surface area contributed by atoms with E-state index >= 15 is 0 Å². The monoisotopic (exact) mass is 380 g/mol. The van der Waals surface area contributed by atoms with Crippen molar-refractivity contribution in [1.82, 2.24) is 4.90 Å². The molecule has 1 spiro atoms. The summed E-state index contributed by atoms with van der Waals surface area (Å²) < 4.78 is 17.8. The van der Waals surface area contributed by atoms with E-state index in [4.69, 9.17) is 14.2 Å². The van der Waals surface area contributed by atoms with Gasteiger partial charge in [-0.2, -0.15) is 0 Å². The van der Waals surface area contributed by atoms with Crippen molar-refractivity contribution in [3.63, 3.8) is 0 Å². The molecular formula is C22H24N2O4. The molecule has 2 fully saturated rings. The molecule has 0 unspecified atom stereocenters. The van der Waals surface area contributed by atoms with Crippen molar-refractivity contribution in [3.05, 3.63) is 54.1 Å². The summed E-state index contributed by atoms with van der Waals surface area (Å²) in [4.78, 5) is 14.8. The van der Waals surface area contributed by atoms with Gasteiger partial charge in [0.05, 0.1) is 19.3 Å². The molecule has 2 aromatic rings. The average Bonchev–Trinajstić information content (AvgIpc) is 3.34. The Hall–Kier alpha value is -2.73. The van der Waals surface area contributed by atoms with E-state index in [9.17, 15) is 4.79 Å². The Morgan fingerprint density at radius 1 is 1.04 bits per heavy atom. The Bertz CT molecular complexity index is 864. The first-order valence-corrected chi connectivity index (χ1v) is 9.95. The zero-order valence-electron chi connectivity index (χ0n) is 15.7. The highest BCUT2D eigenvalue weighted by Gasteiger charge is 2.44. The number of amides is 2. The number of nitrogens with one attached hydrogen (secondary N) is 1. The Labute approximate surface area is 164 Å². The van der Waals surface area contributed by atoms with Gasteiger partial charge in [-0.25, -0.2) is 4.79 Å². The third-order valence-electron chi connectivity index (χ3n) is 5.73. The summed E-state index contributed by atoms with van der Waals surface area (Å²) in [6.07, 6.45) is 4.07. The van der Waals surface area contributed by atoms with Gasteiger partial charge >= 0.3 is 6.03 Å². The highest BCUT2D eigenvalue weighted by molar-refractivity contribution is 5.90. The predicted octanol–water partition coefficient (Wildman–Crippen LogP) is 4.33. The molecule has 1 saturated heterocycles. The molecule has 2 aromatic carbocycles. The Morgan fingerprint density at radius 3 is 2.64 bits per heavy atom. The molecule has 2 heterocycles. The van der Waals surface area contributed by atoms with Crippen molar-refractivity contribution in [1.29, 1.82) is 0 Å². The summed E-state index contributed by atoms with van der Waals surface area (Å²) in [7, 11) is 0. The van der Waals surface area contributed by atoms with Crippen molar-refractivity contribution < 1.29 is 19.0 Å². The number of hydrogen-bond acceptors (Lipinski definition) is 4. The first-order chi connectivity index (χ1) is 13.7. The number of morpholine rings is 1. The molecule has 6 nitrogen and oxygen atoms in total. The van der Waals surface area contributed by atoms with E-state index in [2.05, 4.69) is 5.32 Å². The maximum Gasteiger partial charge on any atom is 0.322 e. The van der Waals surface area contributed by atoms with Gasteiger partial charge in [-0.1, -0.05) is 30.3 Å². The van der Waals surface area contributed by atoms with Gasteiger partial charge < -0.3 is 24.4 Å². The number of rotatable bonds is 2. The van der Waals surface area contributed by atoms with Crippen LogP contribution >= 0.6 is 0 Å². The normalized spacial score (nSPS) is 22.4. The highest BCUT2D eigenvalue weighted by Crippen LogP contribution is 2.47. The Kier molecular flexibility index (Phi) is 4.36. The van der Waals surface area contributed by atoms with Gasteiger partial charge in [0.15, 0.2) is 11.5 Å². The van der Waals surface area contributed by atoms with Crippen molar-refractivity contribution in [2.75, 3.05) is 25.1 Å². The molecule has 146 valence electrons. The smallest absolute Gasteiger partial charge is 0.322 e. The zero-order valence-corrected chi connectivity index (χ0v) is 15.7. The minimum absolute atomic E-state index is 0.0919. The van der Waals surface area contributed by atoms with E-state index < -0.39 is 5.79 Å². The number of benzene rings is 2. The fraction of sp³-hybridized carbons (Fsp3) is 0.409. The SMILES string of the molecule is O=C(Nc1ccc2c(c1)OC1(CCCC1)O2)N1CCOC[C@@H]1c1ccccc1. The molecule has 1 atom stereocenters. The largest absolute Gasteiger partial charge is 0.448 e. The van der Waals surface area contributed by atoms with Crippen LogP contribution in [0.4, 0.5) is 10.5 Å². The molecule has 2 aliphatic heterocycles. The van der Waals surface area contributed by atoms with Gasteiger partial charge in [0.25, 0.3) is 5.79 Å². The molecule has 1 N–H and O–H groups in total. The topological polar surface area (TPSA) is 60.0 Å². The van der Waals surface area contributed by atoms with Crippen LogP contribution in [0.1, 0.15) is 37.3 Å². The maximum atomic E-state index is 13.0. The van der Waals surface area contributed by atoms with Crippen LogP contribution < -0.4 is 14.8 Å². The fourth-order valence-corrected chi connectivity index (χ4v) is 4.28. The van der Waals surface area contributed by atoms with E-state index in [0.29, 0.717) is 31.2 Å². The number of anilines is 1. The minimum Gasteiger partial charge on any atom is -0.448 e. The third-order valence-corrected chi connectivity index (χ3v) is 5.73. The number of hydrogen-bond donors (Lipinski definition) is 1. The number of carbonyl (C=O) groups excluding carboxylic acids is 1. The molecule has 1 saturated carbocycles.